The zero-order valence-electron chi connectivity index (χ0n) is 15.6. The van der Waals surface area contributed by atoms with Gasteiger partial charge < -0.3 is 14.2 Å². The predicted molar refractivity (Wildman–Crippen MR) is 87.7 cm³/mol. The van der Waals surface area contributed by atoms with Gasteiger partial charge in [0, 0.05) is 5.57 Å². The minimum absolute atomic E-state index is 0.285. The molecule has 0 aliphatic heterocycles. The summed E-state index contributed by atoms with van der Waals surface area (Å²) in [5.74, 6) is -0.942. The first-order chi connectivity index (χ1) is 10.4. The van der Waals surface area contributed by atoms with Crippen LogP contribution in [0.1, 0.15) is 47.5 Å². The van der Waals surface area contributed by atoms with E-state index in [-0.39, 0.29) is 17.9 Å². The van der Waals surface area contributed by atoms with Crippen LogP contribution in [0, 0.1) is 10.8 Å². The Morgan fingerprint density at radius 2 is 1.35 bits per heavy atom. The highest BCUT2D eigenvalue weighted by molar-refractivity contribution is 5.86. The van der Waals surface area contributed by atoms with Crippen LogP contribution in [0.5, 0.6) is 0 Å². The molecule has 0 heterocycles. The quantitative estimate of drug-likeness (QED) is 0.423. The van der Waals surface area contributed by atoms with Gasteiger partial charge in [0.2, 0.25) is 0 Å². The van der Waals surface area contributed by atoms with E-state index in [2.05, 4.69) is 11.3 Å². The van der Waals surface area contributed by atoms with E-state index in [0.29, 0.717) is 18.4 Å². The molecule has 1 unspecified atom stereocenters. The van der Waals surface area contributed by atoms with Crippen molar-refractivity contribution in [2.45, 2.75) is 47.5 Å². The van der Waals surface area contributed by atoms with E-state index in [0.717, 1.165) is 0 Å². The number of hydrogen-bond acceptors (Lipinski definition) is 6. The lowest BCUT2D eigenvalue weighted by atomic mass is 9.72. The monoisotopic (exact) mass is 330 g/mol. The van der Waals surface area contributed by atoms with E-state index in [4.69, 9.17) is 9.47 Å². The maximum atomic E-state index is 11.7. The molecule has 134 valence electrons. The first-order valence-corrected chi connectivity index (χ1v) is 7.32. The largest absolute Gasteiger partial charge is 0.469 e. The second kappa shape index (κ2) is 10.0. The van der Waals surface area contributed by atoms with Crippen LogP contribution < -0.4 is 0 Å². The minimum atomic E-state index is -0.687. The van der Waals surface area contributed by atoms with Crippen molar-refractivity contribution in [2.24, 2.45) is 10.8 Å². The molecule has 0 aromatic carbocycles. The van der Waals surface area contributed by atoms with Crippen LogP contribution in [0.3, 0.4) is 0 Å². The van der Waals surface area contributed by atoms with Gasteiger partial charge in [-0.05, 0) is 40.5 Å². The van der Waals surface area contributed by atoms with Crippen LogP contribution in [-0.2, 0) is 28.6 Å². The number of carbonyl (C=O) groups is 3. The van der Waals surface area contributed by atoms with Crippen LogP contribution in [0.25, 0.3) is 0 Å². The molecule has 0 aliphatic carbocycles. The SMILES string of the molecule is C=C(C)C(=O)OC.CCC(C)(CC(C)(C)C(=O)OC)C(=O)OC. The predicted octanol–water partition coefficient (Wildman–Crippen LogP) is 2.90. The maximum Gasteiger partial charge on any atom is 0.332 e. The van der Waals surface area contributed by atoms with Gasteiger partial charge in [-0.25, -0.2) is 4.79 Å². The van der Waals surface area contributed by atoms with Gasteiger partial charge in [0.25, 0.3) is 0 Å². The van der Waals surface area contributed by atoms with Gasteiger partial charge in [-0.1, -0.05) is 13.5 Å². The molecule has 0 saturated heterocycles. The fraction of sp³-hybridized carbons (Fsp3) is 0.706. The molecule has 0 aliphatic rings. The zero-order chi connectivity index (χ0) is 18.8. The van der Waals surface area contributed by atoms with E-state index in [1.54, 1.807) is 20.8 Å². The van der Waals surface area contributed by atoms with Crippen molar-refractivity contribution in [3.05, 3.63) is 12.2 Å². The molecule has 0 spiro atoms. The highest BCUT2D eigenvalue weighted by atomic mass is 16.5. The third-order valence-electron chi connectivity index (χ3n) is 3.56. The van der Waals surface area contributed by atoms with Crippen molar-refractivity contribution >= 4 is 17.9 Å². The molecule has 0 aromatic heterocycles. The Hall–Kier alpha value is -1.85. The van der Waals surface area contributed by atoms with Gasteiger partial charge in [-0.2, -0.15) is 0 Å². The smallest absolute Gasteiger partial charge is 0.332 e. The molecule has 23 heavy (non-hydrogen) atoms. The van der Waals surface area contributed by atoms with E-state index < -0.39 is 10.8 Å². The second-order valence-corrected chi connectivity index (χ2v) is 6.23. The molecule has 0 bridgehead atoms. The van der Waals surface area contributed by atoms with Gasteiger partial charge in [0.05, 0.1) is 32.2 Å². The number of rotatable bonds is 6. The van der Waals surface area contributed by atoms with Crippen LogP contribution in [0.15, 0.2) is 12.2 Å². The number of esters is 3. The number of methoxy groups -OCH3 is 3. The van der Waals surface area contributed by atoms with E-state index >= 15 is 0 Å². The van der Waals surface area contributed by atoms with Crippen molar-refractivity contribution in [1.82, 2.24) is 0 Å². The molecule has 0 amide bonds. The van der Waals surface area contributed by atoms with Crippen LogP contribution in [0.2, 0.25) is 0 Å². The standard InChI is InChI=1S/C12H22O4.C5H8O2/c1-7-12(4,10(14)16-6)8-11(2,3)9(13)15-5;1-4(2)5(6)7-3/h7-8H2,1-6H3;1H2,2-3H3. The van der Waals surface area contributed by atoms with Gasteiger partial charge in [-0.15, -0.1) is 0 Å². The van der Waals surface area contributed by atoms with Crippen molar-refractivity contribution in [2.75, 3.05) is 21.3 Å². The molecular formula is C17H30O6. The summed E-state index contributed by atoms with van der Waals surface area (Å²) in [4.78, 5) is 33.4. The Morgan fingerprint density at radius 1 is 0.913 bits per heavy atom. The van der Waals surface area contributed by atoms with Crippen LogP contribution in [-0.4, -0.2) is 39.2 Å². The second-order valence-electron chi connectivity index (χ2n) is 6.23. The molecule has 0 saturated carbocycles. The van der Waals surface area contributed by atoms with Crippen molar-refractivity contribution < 1.29 is 28.6 Å². The first kappa shape index (κ1) is 23.4. The Labute approximate surface area is 139 Å². The summed E-state index contributed by atoms with van der Waals surface area (Å²) in [5, 5.41) is 0. The zero-order valence-corrected chi connectivity index (χ0v) is 15.6. The number of carbonyl (C=O) groups excluding carboxylic acids is 3. The van der Waals surface area contributed by atoms with Crippen molar-refractivity contribution in [1.29, 1.82) is 0 Å². The van der Waals surface area contributed by atoms with Gasteiger partial charge >= 0.3 is 17.9 Å². The van der Waals surface area contributed by atoms with E-state index in [1.165, 1.54) is 21.3 Å². The lowest BCUT2D eigenvalue weighted by molar-refractivity contribution is -0.159. The summed E-state index contributed by atoms with van der Waals surface area (Å²) in [7, 11) is 4.05. The van der Waals surface area contributed by atoms with Gasteiger partial charge in [0.15, 0.2) is 0 Å². The summed E-state index contributed by atoms with van der Waals surface area (Å²) in [6.07, 6.45) is 1.04. The average Bonchev–Trinajstić information content (AvgIpc) is 2.51. The molecule has 0 radical (unpaired) electrons. The summed E-state index contributed by atoms with van der Waals surface area (Å²) >= 11 is 0. The third-order valence-corrected chi connectivity index (χ3v) is 3.56. The molecule has 0 N–H and O–H groups in total. The Morgan fingerprint density at radius 3 is 1.57 bits per heavy atom. The highest BCUT2D eigenvalue weighted by Crippen LogP contribution is 2.38. The first-order valence-electron chi connectivity index (χ1n) is 7.32. The summed E-state index contributed by atoms with van der Waals surface area (Å²) < 4.78 is 13.8. The number of ether oxygens (including phenoxy) is 3. The topological polar surface area (TPSA) is 78.9 Å². The molecule has 6 heteroatoms. The Balaban J connectivity index is 0. The van der Waals surface area contributed by atoms with Crippen molar-refractivity contribution in [3.63, 3.8) is 0 Å². The van der Waals surface area contributed by atoms with E-state index in [9.17, 15) is 14.4 Å². The number of hydrogen-bond donors (Lipinski definition) is 0. The minimum Gasteiger partial charge on any atom is -0.469 e. The molecule has 0 aromatic rings. The molecule has 0 rings (SSSR count). The molecule has 1 atom stereocenters. The Kier molecular flexibility index (Phi) is 10.2. The lowest BCUT2D eigenvalue weighted by Gasteiger charge is -2.32. The van der Waals surface area contributed by atoms with E-state index in [1.807, 2.05) is 13.8 Å². The van der Waals surface area contributed by atoms with Gasteiger partial charge in [-0.3, -0.25) is 9.59 Å². The highest BCUT2D eigenvalue weighted by Gasteiger charge is 2.42. The molecular weight excluding hydrogens is 300 g/mol. The fourth-order valence-electron chi connectivity index (χ4n) is 2.09. The lowest BCUT2D eigenvalue weighted by Crippen LogP contribution is -2.37. The third kappa shape index (κ3) is 7.81. The normalized spacial score (nSPS) is 12.9. The van der Waals surface area contributed by atoms with Gasteiger partial charge in [0.1, 0.15) is 0 Å². The molecule has 0 fully saturated rings. The maximum absolute atomic E-state index is 11.7. The van der Waals surface area contributed by atoms with Crippen LogP contribution in [0.4, 0.5) is 0 Å². The summed E-state index contributed by atoms with van der Waals surface area (Å²) in [6, 6.07) is 0. The molecule has 6 nitrogen and oxygen atoms in total. The van der Waals surface area contributed by atoms with Crippen molar-refractivity contribution in [3.8, 4) is 0 Å². The average molecular weight is 330 g/mol. The fourth-order valence-corrected chi connectivity index (χ4v) is 2.09. The Bertz CT molecular complexity index is 438. The summed E-state index contributed by atoms with van der Waals surface area (Å²) in [6.45, 7) is 12.2. The van der Waals surface area contributed by atoms with Crippen LogP contribution >= 0.6 is 0 Å². The summed E-state index contributed by atoms with van der Waals surface area (Å²) in [5.41, 5.74) is -0.900.